The monoisotopic (exact) mass is 295 g/mol. The van der Waals surface area contributed by atoms with Gasteiger partial charge in [0.25, 0.3) is 0 Å². The smallest absolute Gasteiger partial charge is 0.139 e. The van der Waals surface area contributed by atoms with E-state index in [-0.39, 0.29) is 17.3 Å². The van der Waals surface area contributed by atoms with Gasteiger partial charge in [-0.15, -0.1) is 0 Å². The standard InChI is InChI=1S/C18H21N3O/c1-18(2)13-8-12(17(22)16(18)10-13)9-14-11-19-21(20-14)15-6-4-3-5-7-15/h3-7,11-13,16H,8-10H2,1-2H3/t12-,13+,16+/m1/s1. The van der Waals surface area contributed by atoms with Gasteiger partial charge in [-0.25, -0.2) is 0 Å². The molecule has 0 N–H and O–H groups in total. The number of rotatable bonds is 3. The van der Waals surface area contributed by atoms with Crippen LogP contribution in [-0.4, -0.2) is 20.8 Å². The molecule has 0 amide bonds. The predicted octanol–water partition coefficient (Wildman–Crippen LogP) is 3.06. The number of ketones is 1. The molecule has 22 heavy (non-hydrogen) atoms. The maximum Gasteiger partial charge on any atom is 0.139 e. The molecule has 2 aromatic rings. The Morgan fingerprint density at radius 2 is 2.00 bits per heavy atom. The van der Waals surface area contributed by atoms with Crippen molar-refractivity contribution in [2.24, 2.45) is 23.2 Å². The molecule has 5 rings (SSSR count). The lowest BCUT2D eigenvalue weighted by molar-refractivity contribution is -0.156. The zero-order chi connectivity index (χ0) is 15.3. The van der Waals surface area contributed by atoms with E-state index >= 15 is 0 Å². The fourth-order valence-corrected chi connectivity index (χ4v) is 4.15. The number of fused-ring (bicyclic) bond motifs is 2. The number of aromatic nitrogens is 3. The van der Waals surface area contributed by atoms with Crippen molar-refractivity contribution in [1.29, 1.82) is 0 Å². The highest BCUT2D eigenvalue weighted by Gasteiger charge is 2.57. The molecule has 0 spiro atoms. The molecule has 3 atom stereocenters. The summed E-state index contributed by atoms with van der Waals surface area (Å²) >= 11 is 0. The molecule has 0 radical (unpaired) electrons. The Balaban J connectivity index is 1.49. The Kier molecular flexibility index (Phi) is 2.96. The molecule has 0 unspecified atom stereocenters. The molecule has 114 valence electrons. The van der Waals surface area contributed by atoms with Crippen molar-refractivity contribution in [1.82, 2.24) is 15.0 Å². The summed E-state index contributed by atoms with van der Waals surface area (Å²) in [5.74, 6) is 1.55. The minimum absolute atomic E-state index is 0.137. The maximum atomic E-state index is 12.6. The van der Waals surface area contributed by atoms with Crippen molar-refractivity contribution in [3.8, 4) is 5.69 Å². The van der Waals surface area contributed by atoms with Gasteiger partial charge in [-0.3, -0.25) is 4.79 Å². The molecule has 1 aromatic carbocycles. The van der Waals surface area contributed by atoms with Crippen LogP contribution in [-0.2, 0) is 11.2 Å². The largest absolute Gasteiger partial charge is 0.299 e. The summed E-state index contributed by atoms with van der Waals surface area (Å²) in [6.07, 6.45) is 4.64. The average molecular weight is 295 g/mol. The van der Waals surface area contributed by atoms with Gasteiger partial charge in [-0.2, -0.15) is 15.0 Å². The van der Waals surface area contributed by atoms with Crippen molar-refractivity contribution in [2.45, 2.75) is 33.1 Å². The van der Waals surface area contributed by atoms with Gasteiger partial charge in [0.1, 0.15) is 5.78 Å². The van der Waals surface area contributed by atoms with E-state index in [0.717, 1.165) is 30.6 Å². The van der Waals surface area contributed by atoms with Crippen molar-refractivity contribution in [3.63, 3.8) is 0 Å². The summed E-state index contributed by atoms with van der Waals surface area (Å²) in [6.45, 7) is 4.48. The van der Waals surface area contributed by atoms with Crippen molar-refractivity contribution in [3.05, 3.63) is 42.2 Å². The summed E-state index contributed by atoms with van der Waals surface area (Å²) in [7, 11) is 0. The number of hydrogen-bond acceptors (Lipinski definition) is 3. The highest BCUT2D eigenvalue weighted by atomic mass is 16.1. The van der Waals surface area contributed by atoms with Crippen LogP contribution in [0.1, 0.15) is 32.4 Å². The zero-order valence-corrected chi connectivity index (χ0v) is 13.1. The van der Waals surface area contributed by atoms with E-state index in [9.17, 15) is 4.79 Å². The molecule has 1 heterocycles. The van der Waals surface area contributed by atoms with Gasteiger partial charge in [0.2, 0.25) is 0 Å². The third-order valence-electron chi connectivity index (χ3n) is 5.77. The highest BCUT2D eigenvalue weighted by molar-refractivity contribution is 5.87. The molecule has 4 heteroatoms. The second kappa shape index (κ2) is 4.77. The van der Waals surface area contributed by atoms with E-state index in [2.05, 4.69) is 24.0 Å². The molecule has 3 fully saturated rings. The summed E-state index contributed by atoms with van der Waals surface area (Å²) in [5.41, 5.74) is 2.09. The lowest BCUT2D eigenvalue weighted by atomic mass is 9.46. The SMILES string of the molecule is CC1(C)[C@H]2C[C@H](Cc3cnn(-c4ccccc4)n3)C(=O)[C@@H]1C2. The number of carbonyl (C=O) groups is 1. The molecule has 4 nitrogen and oxygen atoms in total. The Bertz CT molecular complexity index is 704. The average Bonchev–Trinajstić information content (AvgIpc) is 2.98. The fraction of sp³-hybridized carbons (Fsp3) is 0.500. The van der Waals surface area contributed by atoms with E-state index in [1.807, 2.05) is 30.3 Å². The van der Waals surface area contributed by atoms with Gasteiger partial charge in [0, 0.05) is 18.3 Å². The number of nitrogens with zero attached hydrogens (tertiary/aromatic N) is 3. The van der Waals surface area contributed by atoms with Crippen LogP contribution in [0.15, 0.2) is 36.5 Å². The van der Waals surface area contributed by atoms with E-state index in [4.69, 9.17) is 0 Å². The maximum absolute atomic E-state index is 12.6. The molecular formula is C18H21N3O. The van der Waals surface area contributed by atoms with Crippen LogP contribution in [0.5, 0.6) is 0 Å². The van der Waals surface area contributed by atoms with Crippen LogP contribution in [0.2, 0.25) is 0 Å². The highest BCUT2D eigenvalue weighted by Crippen LogP contribution is 2.59. The minimum Gasteiger partial charge on any atom is -0.299 e. The third-order valence-corrected chi connectivity index (χ3v) is 5.77. The Hall–Kier alpha value is -1.97. The van der Waals surface area contributed by atoms with Crippen molar-refractivity contribution >= 4 is 5.78 Å². The molecule has 0 aliphatic heterocycles. The van der Waals surface area contributed by atoms with E-state index in [1.54, 1.807) is 11.0 Å². The molecular weight excluding hydrogens is 274 g/mol. The molecule has 3 saturated carbocycles. The Morgan fingerprint density at radius 1 is 1.23 bits per heavy atom. The lowest BCUT2D eigenvalue weighted by Gasteiger charge is -2.57. The molecule has 1 aromatic heterocycles. The van der Waals surface area contributed by atoms with Crippen molar-refractivity contribution < 1.29 is 4.79 Å². The van der Waals surface area contributed by atoms with Crippen LogP contribution >= 0.6 is 0 Å². The summed E-state index contributed by atoms with van der Waals surface area (Å²) < 4.78 is 0. The first-order valence-electron chi connectivity index (χ1n) is 8.06. The van der Waals surface area contributed by atoms with E-state index < -0.39 is 0 Å². The molecule has 3 aliphatic rings. The Morgan fingerprint density at radius 3 is 2.68 bits per heavy atom. The first-order valence-corrected chi connectivity index (χ1v) is 8.06. The minimum atomic E-state index is 0.137. The van der Waals surface area contributed by atoms with Crippen LogP contribution in [0.25, 0.3) is 5.69 Å². The fourth-order valence-electron chi connectivity index (χ4n) is 4.15. The van der Waals surface area contributed by atoms with Gasteiger partial charge >= 0.3 is 0 Å². The lowest BCUT2D eigenvalue weighted by Crippen LogP contribution is -2.56. The van der Waals surface area contributed by atoms with Crippen LogP contribution < -0.4 is 0 Å². The molecule has 2 bridgehead atoms. The van der Waals surface area contributed by atoms with E-state index in [0.29, 0.717) is 11.7 Å². The summed E-state index contributed by atoms with van der Waals surface area (Å²) in [6, 6.07) is 9.88. The van der Waals surface area contributed by atoms with Gasteiger partial charge in [0.05, 0.1) is 17.6 Å². The van der Waals surface area contributed by atoms with Gasteiger partial charge in [0.15, 0.2) is 0 Å². The second-order valence-electron chi connectivity index (χ2n) is 7.31. The normalized spacial score (nSPS) is 29.2. The first-order chi connectivity index (χ1) is 10.6. The van der Waals surface area contributed by atoms with Gasteiger partial charge in [-0.1, -0.05) is 32.0 Å². The Labute approximate surface area is 130 Å². The van der Waals surface area contributed by atoms with E-state index in [1.165, 1.54) is 0 Å². The number of carbonyl (C=O) groups excluding carboxylic acids is 1. The quantitative estimate of drug-likeness (QED) is 0.874. The molecule has 0 saturated heterocycles. The number of hydrogen-bond donors (Lipinski definition) is 0. The number of Topliss-reactive ketones (excluding diaryl/α,β-unsaturated/α-hetero) is 1. The van der Waals surface area contributed by atoms with Crippen molar-refractivity contribution in [2.75, 3.05) is 0 Å². The third kappa shape index (κ3) is 2.01. The summed E-state index contributed by atoms with van der Waals surface area (Å²) in [4.78, 5) is 14.3. The van der Waals surface area contributed by atoms with Gasteiger partial charge in [-0.05, 0) is 36.3 Å². The van der Waals surface area contributed by atoms with Crippen LogP contribution in [0.4, 0.5) is 0 Å². The van der Waals surface area contributed by atoms with Crippen LogP contribution in [0.3, 0.4) is 0 Å². The van der Waals surface area contributed by atoms with Crippen LogP contribution in [0, 0.1) is 23.2 Å². The first kappa shape index (κ1) is 13.7. The second-order valence-corrected chi connectivity index (χ2v) is 7.31. The number of benzene rings is 1. The number of para-hydroxylation sites is 1. The van der Waals surface area contributed by atoms with Gasteiger partial charge < -0.3 is 0 Å². The zero-order valence-electron chi connectivity index (χ0n) is 13.1. The molecule has 3 aliphatic carbocycles. The summed E-state index contributed by atoms with van der Waals surface area (Å²) in [5, 5.41) is 8.87. The topological polar surface area (TPSA) is 47.8 Å². The predicted molar refractivity (Wildman–Crippen MR) is 83.6 cm³/mol.